The van der Waals surface area contributed by atoms with Crippen molar-refractivity contribution in [1.29, 1.82) is 0 Å². The third-order valence-electron chi connectivity index (χ3n) is 5.34. The Labute approximate surface area is 149 Å². The number of allylic oxidation sites excluding steroid dienone is 1. The molecule has 4 nitrogen and oxygen atoms in total. The molecule has 5 heteroatoms. The molecule has 0 spiro atoms. The Hall–Kier alpha value is -1.88. The van der Waals surface area contributed by atoms with Crippen LogP contribution in [0.25, 0.3) is 0 Å². The van der Waals surface area contributed by atoms with Crippen LogP contribution in [-0.4, -0.2) is 30.5 Å². The first-order chi connectivity index (χ1) is 11.8. The zero-order chi connectivity index (χ0) is 16.4. The van der Waals surface area contributed by atoms with E-state index in [1.165, 1.54) is 44.5 Å². The van der Waals surface area contributed by atoms with E-state index in [9.17, 15) is 0 Å². The van der Waals surface area contributed by atoms with E-state index in [1.54, 1.807) is 0 Å². The van der Waals surface area contributed by atoms with Gasteiger partial charge in [0.05, 0.1) is 6.21 Å². The van der Waals surface area contributed by atoms with Crippen LogP contribution in [0.2, 0.25) is 0 Å². The molecule has 3 atom stereocenters. The summed E-state index contributed by atoms with van der Waals surface area (Å²) in [5.74, 6) is 1.38. The monoisotopic (exact) mass is 340 g/mol. The van der Waals surface area contributed by atoms with Gasteiger partial charge >= 0.3 is 0 Å². The summed E-state index contributed by atoms with van der Waals surface area (Å²) < 4.78 is 0. The van der Waals surface area contributed by atoms with E-state index < -0.39 is 0 Å². The van der Waals surface area contributed by atoms with Crippen LogP contribution in [0.1, 0.15) is 31.2 Å². The van der Waals surface area contributed by atoms with Crippen LogP contribution in [0.5, 0.6) is 0 Å². The van der Waals surface area contributed by atoms with Crippen molar-refractivity contribution in [2.45, 2.75) is 31.7 Å². The van der Waals surface area contributed by atoms with Crippen molar-refractivity contribution in [2.75, 3.05) is 18.0 Å². The second-order valence-electron chi connectivity index (χ2n) is 7.02. The van der Waals surface area contributed by atoms with Crippen molar-refractivity contribution in [3.8, 4) is 0 Å². The molecule has 1 aliphatic heterocycles. The van der Waals surface area contributed by atoms with Crippen molar-refractivity contribution in [1.82, 2.24) is 10.7 Å². The number of rotatable bonds is 4. The number of nitrogens with one attached hydrogen (secondary N) is 2. The lowest BCUT2D eigenvalue weighted by atomic mass is 10.0. The fourth-order valence-electron chi connectivity index (χ4n) is 4.06. The standard InChI is InChI=1S/C19H24N4S/c24-19(21-18-12-15-3-6-16(18)11-15)22-20-13-14-4-7-17(8-5-14)23-9-1-2-10-23/h3-8,13,15-16,18H,1-2,9-12H2,(H2,21,22,24)/b20-13+. The lowest BCUT2D eigenvalue weighted by Crippen LogP contribution is -2.42. The van der Waals surface area contributed by atoms with Gasteiger partial charge in [0.2, 0.25) is 0 Å². The van der Waals surface area contributed by atoms with E-state index in [0.29, 0.717) is 17.1 Å². The molecule has 0 aromatic heterocycles. The molecule has 1 saturated carbocycles. The first-order valence-corrected chi connectivity index (χ1v) is 9.32. The van der Waals surface area contributed by atoms with E-state index >= 15 is 0 Å². The summed E-state index contributed by atoms with van der Waals surface area (Å²) in [5, 5.41) is 8.27. The maximum atomic E-state index is 5.35. The Bertz CT molecular complexity index is 646. The lowest BCUT2D eigenvalue weighted by molar-refractivity contribution is 0.521. The molecule has 1 saturated heterocycles. The number of nitrogens with zero attached hydrogens (tertiary/aromatic N) is 2. The normalized spacial score (nSPS) is 28.0. The molecular formula is C19H24N4S. The fourth-order valence-corrected chi connectivity index (χ4v) is 4.26. The number of fused-ring (bicyclic) bond motifs is 2. The highest BCUT2D eigenvalue weighted by molar-refractivity contribution is 7.80. The third kappa shape index (κ3) is 3.46. The summed E-state index contributed by atoms with van der Waals surface area (Å²) in [6, 6.07) is 9.02. The summed E-state index contributed by atoms with van der Waals surface area (Å²) in [4.78, 5) is 2.43. The number of thiocarbonyl (C=S) groups is 1. The molecule has 3 aliphatic rings. The van der Waals surface area contributed by atoms with E-state index in [-0.39, 0.29) is 0 Å². The van der Waals surface area contributed by atoms with E-state index in [0.717, 1.165) is 11.5 Å². The Balaban J connectivity index is 1.26. The van der Waals surface area contributed by atoms with Gasteiger partial charge in [-0.3, -0.25) is 5.43 Å². The largest absolute Gasteiger partial charge is 0.372 e. The van der Waals surface area contributed by atoms with Gasteiger partial charge in [0.1, 0.15) is 0 Å². The fraction of sp³-hybridized carbons (Fsp3) is 0.474. The van der Waals surface area contributed by atoms with Crippen LogP contribution in [0, 0.1) is 11.8 Å². The minimum Gasteiger partial charge on any atom is -0.372 e. The predicted octanol–water partition coefficient (Wildman–Crippen LogP) is 3.05. The quantitative estimate of drug-likeness (QED) is 0.382. The van der Waals surface area contributed by atoms with Crippen LogP contribution in [0.15, 0.2) is 41.5 Å². The summed E-state index contributed by atoms with van der Waals surface area (Å²) >= 11 is 5.35. The Morgan fingerprint density at radius 1 is 1.12 bits per heavy atom. The van der Waals surface area contributed by atoms with Crippen LogP contribution < -0.4 is 15.6 Å². The van der Waals surface area contributed by atoms with Crippen molar-refractivity contribution >= 4 is 29.2 Å². The van der Waals surface area contributed by atoms with Gasteiger partial charge in [-0.2, -0.15) is 5.10 Å². The summed E-state index contributed by atoms with van der Waals surface area (Å²) in [6.45, 7) is 2.35. The zero-order valence-corrected chi connectivity index (χ0v) is 14.6. The van der Waals surface area contributed by atoms with Gasteiger partial charge in [-0.1, -0.05) is 24.3 Å². The highest BCUT2D eigenvalue weighted by atomic mass is 32.1. The van der Waals surface area contributed by atoms with Gasteiger partial charge in [0, 0.05) is 24.8 Å². The maximum absolute atomic E-state index is 5.35. The Kier molecular flexibility index (Phi) is 4.52. The molecule has 1 heterocycles. The van der Waals surface area contributed by atoms with Gasteiger partial charge in [0.25, 0.3) is 0 Å². The van der Waals surface area contributed by atoms with Crippen molar-refractivity contribution in [2.24, 2.45) is 16.9 Å². The number of hydrazone groups is 1. The maximum Gasteiger partial charge on any atom is 0.187 e. The number of anilines is 1. The minimum absolute atomic E-state index is 0.468. The van der Waals surface area contributed by atoms with Crippen molar-refractivity contribution in [3.63, 3.8) is 0 Å². The average molecular weight is 340 g/mol. The minimum atomic E-state index is 0.468. The highest BCUT2D eigenvalue weighted by Crippen LogP contribution is 2.38. The van der Waals surface area contributed by atoms with Gasteiger partial charge in [0.15, 0.2) is 5.11 Å². The summed E-state index contributed by atoms with van der Waals surface area (Å²) in [7, 11) is 0. The SMILES string of the molecule is S=C(N/N=C/c1ccc(N2CCCC2)cc1)NC1CC2C=CC1C2. The zero-order valence-electron chi connectivity index (χ0n) is 13.8. The molecule has 2 N–H and O–H groups in total. The smallest absolute Gasteiger partial charge is 0.187 e. The number of hydrogen-bond acceptors (Lipinski definition) is 3. The molecule has 3 unspecified atom stereocenters. The van der Waals surface area contributed by atoms with Crippen LogP contribution in [-0.2, 0) is 0 Å². The molecule has 4 rings (SSSR count). The molecule has 0 radical (unpaired) electrons. The van der Waals surface area contributed by atoms with E-state index in [4.69, 9.17) is 12.2 Å². The Morgan fingerprint density at radius 2 is 1.92 bits per heavy atom. The molecule has 1 aromatic rings. The third-order valence-corrected chi connectivity index (χ3v) is 5.55. The first kappa shape index (κ1) is 15.6. The second-order valence-corrected chi connectivity index (χ2v) is 7.42. The van der Waals surface area contributed by atoms with Crippen molar-refractivity contribution in [3.05, 3.63) is 42.0 Å². The van der Waals surface area contributed by atoms with E-state index in [1.807, 2.05) is 6.21 Å². The van der Waals surface area contributed by atoms with Crippen LogP contribution in [0.3, 0.4) is 0 Å². The molecule has 24 heavy (non-hydrogen) atoms. The lowest BCUT2D eigenvalue weighted by Gasteiger charge is -2.20. The van der Waals surface area contributed by atoms with Crippen molar-refractivity contribution < 1.29 is 0 Å². The molecule has 1 aromatic carbocycles. The summed E-state index contributed by atoms with van der Waals surface area (Å²) in [5.41, 5.74) is 5.33. The van der Waals surface area contributed by atoms with Gasteiger partial charge in [-0.25, -0.2) is 0 Å². The number of benzene rings is 1. The Morgan fingerprint density at radius 3 is 2.58 bits per heavy atom. The molecule has 2 bridgehead atoms. The van der Waals surface area contributed by atoms with Gasteiger partial charge in [-0.15, -0.1) is 0 Å². The van der Waals surface area contributed by atoms with E-state index in [2.05, 4.69) is 57.2 Å². The average Bonchev–Trinajstić information content (AvgIpc) is 3.33. The van der Waals surface area contributed by atoms with Crippen LogP contribution >= 0.6 is 12.2 Å². The second kappa shape index (κ2) is 6.93. The summed E-state index contributed by atoms with van der Waals surface area (Å²) in [6.07, 6.45) is 11.5. The molecule has 0 amide bonds. The van der Waals surface area contributed by atoms with Gasteiger partial charge in [-0.05, 0) is 67.4 Å². The molecule has 126 valence electrons. The van der Waals surface area contributed by atoms with Gasteiger partial charge < -0.3 is 10.2 Å². The predicted molar refractivity (Wildman–Crippen MR) is 103 cm³/mol. The van der Waals surface area contributed by atoms with Crippen LogP contribution in [0.4, 0.5) is 5.69 Å². The molecule has 2 aliphatic carbocycles. The highest BCUT2D eigenvalue weighted by Gasteiger charge is 2.35. The first-order valence-electron chi connectivity index (χ1n) is 8.91. The molecule has 2 fully saturated rings. The molecular weight excluding hydrogens is 316 g/mol. The number of hydrogen-bond donors (Lipinski definition) is 2. The topological polar surface area (TPSA) is 39.7 Å².